The van der Waals surface area contributed by atoms with Gasteiger partial charge in [0.2, 0.25) is 5.91 Å². The van der Waals surface area contributed by atoms with E-state index in [1.807, 2.05) is 24.3 Å². The summed E-state index contributed by atoms with van der Waals surface area (Å²) in [6.07, 6.45) is 3.05. The molecule has 98 valence electrons. The summed E-state index contributed by atoms with van der Waals surface area (Å²) in [5.74, 6) is -0.278. The molecule has 0 fully saturated rings. The molecule has 0 atom stereocenters. The molecular formula is C16H11ClN2O. The number of halogens is 1. The maximum Gasteiger partial charge on any atom is 0.248 e. The molecule has 3 nitrogen and oxygen atoms in total. The van der Waals surface area contributed by atoms with Gasteiger partial charge >= 0.3 is 0 Å². The summed E-state index contributed by atoms with van der Waals surface area (Å²) in [7, 11) is 0. The van der Waals surface area contributed by atoms with Gasteiger partial charge in [-0.3, -0.25) is 4.79 Å². The third kappa shape index (κ3) is 3.71. The molecule has 0 aliphatic heterocycles. The molecule has 4 heteroatoms. The number of nitrogens with zero attached hydrogens (tertiary/aromatic N) is 1. The monoisotopic (exact) mass is 282 g/mol. The van der Waals surface area contributed by atoms with Gasteiger partial charge in [0.05, 0.1) is 11.6 Å². The number of nitrogens with one attached hydrogen (secondary N) is 1. The van der Waals surface area contributed by atoms with Crippen LogP contribution in [0.2, 0.25) is 5.02 Å². The first-order chi connectivity index (χ1) is 9.69. The first-order valence-corrected chi connectivity index (χ1v) is 6.30. The number of amides is 1. The molecule has 1 amide bonds. The standard InChI is InChI=1S/C16H11ClN2O/c17-15-7-2-1-5-13(15)8-9-16(20)19-14-6-3-4-12(10-14)11-18/h1-10H,(H,19,20). The van der Waals surface area contributed by atoms with Crippen molar-refractivity contribution in [3.8, 4) is 6.07 Å². The highest BCUT2D eigenvalue weighted by molar-refractivity contribution is 6.32. The Labute approximate surface area is 122 Å². The van der Waals surface area contributed by atoms with Gasteiger partial charge < -0.3 is 5.32 Å². The first kappa shape index (κ1) is 13.9. The molecule has 1 N–H and O–H groups in total. The minimum Gasteiger partial charge on any atom is -0.322 e. The fourth-order valence-corrected chi connectivity index (χ4v) is 1.82. The molecule has 0 aromatic heterocycles. The number of hydrogen-bond donors (Lipinski definition) is 1. The van der Waals surface area contributed by atoms with E-state index in [2.05, 4.69) is 5.32 Å². The molecule has 0 saturated heterocycles. The molecule has 0 saturated carbocycles. The van der Waals surface area contributed by atoms with Crippen molar-refractivity contribution in [2.45, 2.75) is 0 Å². The van der Waals surface area contributed by atoms with Gasteiger partial charge in [-0.25, -0.2) is 0 Å². The van der Waals surface area contributed by atoms with Crippen LogP contribution in [-0.4, -0.2) is 5.91 Å². The molecule has 2 rings (SSSR count). The van der Waals surface area contributed by atoms with Crippen LogP contribution in [0.15, 0.2) is 54.6 Å². The molecule has 2 aromatic rings. The third-order valence-corrected chi connectivity index (χ3v) is 2.92. The number of benzene rings is 2. The molecule has 0 spiro atoms. The first-order valence-electron chi connectivity index (χ1n) is 5.93. The van der Waals surface area contributed by atoms with Gasteiger partial charge in [0, 0.05) is 16.8 Å². The summed E-state index contributed by atoms with van der Waals surface area (Å²) in [6.45, 7) is 0. The van der Waals surface area contributed by atoms with E-state index in [9.17, 15) is 4.79 Å². The van der Waals surface area contributed by atoms with E-state index in [0.717, 1.165) is 5.56 Å². The summed E-state index contributed by atoms with van der Waals surface area (Å²) in [4.78, 5) is 11.8. The average molecular weight is 283 g/mol. The quantitative estimate of drug-likeness (QED) is 0.869. The second-order valence-electron chi connectivity index (χ2n) is 4.04. The van der Waals surface area contributed by atoms with E-state index in [1.165, 1.54) is 6.08 Å². The van der Waals surface area contributed by atoms with Crippen LogP contribution in [0.5, 0.6) is 0 Å². The van der Waals surface area contributed by atoms with Crippen molar-refractivity contribution in [3.63, 3.8) is 0 Å². The lowest BCUT2D eigenvalue weighted by atomic mass is 10.2. The van der Waals surface area contributed by atoms with Crippen LogP contribution >= 0.6 is 11.6 Å². The van der Waals surface area contributed by atoms with E-state index >= 15 is 0 Å². The Balaban J connectivity index is 2.06. The fraction of sp³-hybridized carbons (Fsp3) is 0. The molecule has 0 heterocycles. The van der Waals surface area contributed by atoms with Crippen LogP contribution in [-0.2, 0) is 4.79 Å². The topological polar surface area (TPSA) is 52.9 Å². The van der Waals surface area contributed by atoms with Gasteiger partial charge in [0.25, 0.3) is 0 Å². The lowest BCUT2D eigenvalue weighted by molar-refractivity contribution is -0.111. The van der Waals surface area contributed by atoms with Crippen molar-refractivity contribution in [2.24, 2.45) is 0 Å². The second kappa shape index (κ2) is 6.55. The fourth-order valence-electron chi connectivity index (χ4n) is 1.63. The van der Waals surface area contributed by atoms with Crippen molar-refractivity contribution in [3.05, 3.63) is 70.8 Å². The van der Waals surface area contributed by atoms with Gasteiger partial charge in [-0.05, 0) is 35.9 Å². The minimum atomic E-state index is -0.278. The molecule has 20 heavy (non-hydrogen) atoms. The molecule has 2 aromatic carbocycles. The SMILES string of the molecule is N#Cc1cccc(NC(=O)C=Cc2ccccc2Cl)c1. The van der Waals surface area contributed by atoms with Gasteiger partial charge in [-0.2, -0.15) is 5.26 Å². The van der Waals surface area contributed by atoms with E-state index < -0.39 is 0 Å². The molecule has 0 radical (unpaired) electrons. The molecule has 0 aliphatic rings. The van der Waals surface area contributed by atoms with Crippen molar-refractivity contribution < 1.29 is 4.79 Å². The Bertz CT molecular complexity index is 702. The molecule has 0 unspecified atom stereocenters. The maximum atomic E-state index is 11.8. The molecular weight excluding hydrogens is 272 g/mol. The van der Waals surface area contributed by atoms with Crippen molar-refractivity contribution in [1.82, 2.24) is 0 Å². The normalized spacial score (nSPS) is 10.2. The van der Waals surface area contributed by atoms with Gasteiger partial charge in [0.1, 0.15) is 0 Å². The van der Waals surface area contributed by atoms with Gasteiger partial charge in [-0.1, -0.05) is 35.9 Å². The van der Waals surface area contributed by atoms with Crippen molar-refractivity contribution >= 4 is 29.3 Å². The van der Waals surface area contributed by atoms with E-state index in [1.54, 1.807) is 36.4 Å². The number of rotatable bonds is 3. The van der Waals surface area contributed by atoms with E-state index in [4.69, 9.17) is 16.9 Å². The predicted molar refractivity (Wildman–Crippen MR) is 80.3 cm³/mol. The highest BCUT2D eigenvalue weighted by Gasteiger charge is 2.00. The molecule has 0 bridgehead atoms. The van der Waals surface area contributed by atoms with Gasteiger partial charge in [-0.15, -0.1) is 0 Å². The van der Waals surface area contributed by atoms with Crippen LogP contribution < -0.4 is 5.32 Å². The summed E-state index contributed by atoms with van der Waals surface area (Å²) in [5.41, 5.74) is 1.85. The van der Waals surface area contributed by atoms with Crippen LogP contribution in [0.1, 0.15) is 11.1 Å². The number of hydrogen-bond acceptors (Lipinski definition) is 2. The van der Waals surface area contributed by atoms with Crippen LogP contribution in [0.4, 0.5) is 5.69 Å². The van der Waals surface area contributed by atoms with Crippen LogP contribution in [0.25, 0.3) is 6.08 Å². The largest absolute Gasteiger partial charge is 0.322 e. The Kier molecular flexibility index (Phi) is 4.54. The third-order valence-electron chi connectivity index (χ3n) is 2.58. The Morgan fingerprint density at radius 3 is 2.75 bits per heavy atom. The lowest BCUT2D eigenvalue weighted by Gasteiger charge is -2.02. The summed E-state index contributed by atoms with van der Waals surface area (Å²) in [5, 5.41) is 12.1. The second-order valence-corrected chi connectivity index (χ2v) is 4.44. The van der Waals surface area contributed by atoms with E-state index in [0.29, 0.717) is 16.3 Å². The summed E-state index contributed by atoms with van der Waals surface area (Å²) >= 11 is 5.99. The predicted octanol–water partition coefficient (Wildman–Crippen LogP) is 3.86. The number of anilines is 1. The zero-order valence-corrected chi connectivity index (χ0v) is 11.3. The van der Waals surface area contributed by atoms with Gasteiger partial charge in [0.15, 0.2) is 0 Å². The Morgan fingerprint density at radius 1 is 1.20 bits per heavy atom. The average Bonchev–Trinajstić information content (AvgIpc) is 2.46. The maximum absolute atomic E-state index is 11.8. The van der Waals surface area contributed by atoms with E-state index in [-0.39, 0.29) is 5.91 Å². The van der Waals surface area contributed by atoms with Crippen LogP contribution in [0, 0.1) is 11.3 Å². The number of carbonyl (C=O) groups excluding carboxylic acids is 1. The minimum absolute atomic E-state index is 0.278. The Morgan fingerprint density at radius 2 is 2.00 bits per heavy atom. The number of nitriles is 1. The summed E-state index contributed by atoms with van der Waals surface area (Å²) in [6, 6.07) is 16.0. The van der Waals surface area contributed by atoms with Crippen molar-refractivity contribution in [2.75, 3.05) is 5.32 Å². The highest BCUT2D eigenvalue weighted by atomic mass is 35.5. The molecule has 0 aliphatic carbocycles. The zero-order chi connectivity index (χ0) is 14.4. The zero-order valence-electron chi connectivity index (χ0n) is 10.5. The highest BCUT2D eigenvalue weighted by Crippen LogP contribution is 2.16. The van der Waals surface area contributed by atoms with Crippen molar-refractivity contribution in [1.29, 1.82) is 5.26 Å². The lowest BCUT2D eigenvalue weighted by Crippen LogP contribution is -2.07. The summed E-state index contributed by atoms with van der Waals surface area (Å²) < 4.78 is 0. The Hall–Kier alpha value is -2.57. The smallest absolute Gasteiger partial charge is 0.248 e. The van der Waals surface area contributed by atoms with Crippen LogP contribution in [0.3, 0.4) is 0 Å². The number of carbonyl (C=O) groups is 1.